The van der Waals surface area contributed by atoms with Crippen LogP contribution in [0.1, 0.15) is 11.1 Å². The van der Waals surface area contributed by atoms with E-state index in [1.165, 1.54) is 36.4 Å². The highest BCUT2D eigenvalue weighted by molar-refractivity contribution is 7.89. The number of halogens is 1. The smallest absolute Gasteiger partial charge is 0.243 e. The van der Waals surface area contributed by atoms with Crippen LogP contribution in [0.5, 0.6) is 0 Å². The normalized spacial score (nSPS) is 11.6. The number of fused-ring (bicyclic) bond motifs is 1. The number of hydrogen-bond acceptors (Lipinski definition) is 3. The van der Waals surface area contributed by atoms with Crippen LogP contribution in [0, 0.1) is 5.82 Å². The Morgan fingerprint density at radius 2 is 1.48 bits per heavy atom. The zero-order chi connectivity index (χ0) is 23.3. The second-order valence-corrected chi connectivity index (χ2v) is 9.57. The molecular formula is C26H23FN2O3S. The standard InChI is InChI=1S/C26H23FN2O3S/c27-23-15-13-20(14-16-23)18-29(33(31,32)24-10-2-1-3-11-24)19-26(30)28-17-22-9-6-8-21-7-4-5-12-25(21)22/h1-16H,17-19H2,(H,28,30). The fraction of sp³-hybridized carbons (Fsp3) is 0.115. The number of rotatable bonds is 8. The second kappa shape index (κ2) is 9.94. The van der Waals surface area contributed by atoms with Crippen LogP contribution >= 0.6 is 0 Å². The molecule has 4 rings (SSSR count). The molecule has 0 aliphatic heterocycles. The molecule has 5 nitrogen and oxygen atoms in total. The van der Waals surface area contributed by atoms with E-state index in [0.717, 1.165) is 20.6 Å². The quantitative estimate of drug-likeness (QED) is 0.420. The van der Waals surface area contributed by atoms with Crippen LogP contribution in [-0.4, -0.2) is 25.2 Å². The summed E-state index contributed by atoms with van der Waals surface area (Å²) in [6.07, 6.45) is 0. The molecule has 0 aliphatic rings. The van der Waals surface area contributed by atoms with Gasteiger partial charge < -0.3 is 5.32 Å². The van der Waals surface area contributed by atoms with Crippen LogP contribution in [0.15, 0.2) is 102 Å². The summed E-state index contributed by atoms with van der Waals surface area (Å²) in [5.74, 6) is -0.839. The molecule has 0 aromatic heterocycles. The van der Waals surface area contributed by atoms with Gasteiger partial charge >= 0.3 is 0 Å². The van der Waals surface area contributed by atoms with Crippen LogP contribution in [0.25, 0.3) is 10.8 Å². The molecule has 0 saturated heterocycles. The highest BCUT2D eigenvalue weighted by Crippen LogP contribution is 2.20. The number of benzene rings is 4. The Hall–Kier alpha value is -3.55. The highest BCUT2D eigenvalue weighted by Gasteiger charge is 2.26. The molecule has 0 atom stereocenters. The highest BCUT2D eigenvalue weighted by atomic mass is 32.2. The third-order valence-electron chi connectivity index (χ3n) is 5.33. The zero-order valence-corrected chi connectivity index (χ0v) is 18.6. The van der Waals surface area contributed by atoms with Crippen LogP contribution in [0.2, 0.25) is 0 Å². The van der Waals surface area contributed by atoms with E-state index in [0.29, 0.717) is 5.56 Å². The van der Waals surface area contributed by atoms with Crippen molar-refractivity contribution in [1.82, 2.24) is 9.62 Å². The van der Waals surface area contributed by atoms with Gasteiger partial charge in [-0.15, -0.1) is 0 Å². The maximum Gasteiger partial charge on any atom is 0.243 e. The molecule has 0 saturated carbocycles. The number of carbonyl (C=O) groups is 1. The summed E-state index contributed by atoms with van der Waals surface area (Å²) >= 11 is 0. The number of carbonyl (C=O) groups excluding carboxylic acids is 1. The second-order valence-electron chi connectivity index (χ2n) is 7.63. The van der Waals surface area contributed by atoms with E-state index in [2.05, 4.69) is 5.32 Å². The average Bonchev–Trinajstić information content (AvgIpc) is 2.84. The first-order chi connectivity index (χ1) is 15.9. The van der Waals surface area contributed by atoms with Gasteiger partial charge in [0.05, 0.1) is 11.4 Å². The van der Waals surface area contributed by atoms with E-state index >= 15 is 0 Å². The predicted molar refractivity (Wildman–Crippen MR) is 126 cm³/mol. The number of nitrogens with one attached hydrogen (secondary N) is 1. The first-order valence-corrected chi connectivity index (χ1v) is 11.9. The van der Waals surface area contributed by atoms with Crippen molar-refractivity contribution in [2.45, 2.75) is 18.0 Å². The summed E-state index contributed by atoms with van der Waals surface area (Å²) in [6.45, 7) is -0.144. The molecule has 4 aromatic rings. The SMILES string of the molecule is O=C(CN(Cc1ccc(F)cc1)S(=O)(=O)c1ccccc1)NCc1cccc2ccccc12. The molecule has 0 aliphatic carbocycles. The minimum absolute atomic E-state index is 0.0564. The summed E-state index contributed by atoms with van der Waals surface area (Å²) in [6, 6.07) is 27.2. The lowest BCUT2D eigenvalue weighted by molar-refractivity contribution is -0.121. The molecule has 1 N–H and O–H groups in total. The summed E-state index contributed by atoms with van der Waals surface area (Å²) in [5, 5.41) is 4.93. The molecule has 33 heavy (non-hydrogen) atoms. The maximum atomic E-state index is 13.3. The number of nitrogens with zero attached hydrogens (tertiary/aromatic N) is 1. The number of amides is 1. The lowest BCUT2D eigenvalue weighted by Gasteiger charge is -2.22. The van der Waals surface area contributed by atoms with Gasteiger partial charge in [0.15, 0.2) is 0 Å². The topological polar surface area (TPSA) is 66.5 Å². The molecule has 7 heteroatoms. The van der Waals surface area contributed by atoms with Crippen molar-refractivity contribution in [3.8, 4) is 0 Å². The molecule has 0 bridgehead atoms. The van der Waals surface area contributed by atoms with Gasteiger partial charge in [-0.05, 0) is 46.2 Å². The molecule has 0 radical (unpaired) electrons. The molecule has 168 valence electrons. The van der Waals surface area contributed by atoms with Crippen molar-refractivity contribution in [1.29, 1.82) is 0 Å². The Morgan fingerprint density at radius 3 is 2.24 bits per heavy atom. The first-order valence-electron chi connectivity index (χ1n) is 10.5. The van der Waals surface area contributed by atoms with Crippen molar-refractivity contribution in [3.05, 3.63) is 114 Å². The predicted octanol–water partition coefficient (Wildman–Crippen LogP) is 4.49. The molecule has 0 heterocycles. The Morgan fingerprint density at radius 1 is 0.818 bits per heavy atom. The Labute approximate surface area is 192 Å². The van der Waals surface area contributed by atoms with Gasteiger partial charge in [0.2, 0.25) is 15.9 Å². The van der Waals surface area contributed by atoms with E-state index in [9.17, 15) is 17.6 Å². The molecular weight excluding hydrogens is 439 g/mol. The first kappa shape index (κ1) is 22.6. The fourth-order valence-corrected chi connectivity index (χ4v) is 5.02. The van der Waals surface area contributed by atoms with Crippen molar-refractivity contribution in [3.63, 3.8) is 0 Å². The maximum absolute atomic E-state index is 13.3. The van der Waals surface area contributed by atoms with Crippen molar-refractivity contribution in [2.24, 2.45) is 0 Å². The monoisotopic (exact) mass is 462 g/mol. The molecule has 0 spiro atoms. The van der Waals surface area contributed by atoms with Crippen molar-refractivity contribution < 1.29 is 17.6 Å². The fourth-order valence-electron chi connectivity index (χ4n) is 3.62. The Bertz CT molecular complexity index is 1350. The summed E-state index contributed by atoms with van der Waals surface area (Å²) in [4.78, 5) is 12.9. The van der Waals surface area contributed by atoms with Gasteiger partial charge in [0, 0.05) is 13.1 Å². The van der Waals surface area contributed by atoms with E-state index < -0.39 is 21.7 Å². The van der Waals surface area contributed by atoms with Gasteiger partial charge in [-0.25, -0.2) is 12.8 Å². The van der Waals surface area contributed by atoms with Gasteiger partial charge in [-0.3, -0.25) is 4.79 Å². The van der Waals surface area contributed by atoms with Gasteiger partial charge in [0.1, 0.15) is 5.82 Å². The van der Waals surface area contributed by atoms with Crippen LogP contribution in [-0.2, 0) is 27.9 Å². The Kier molecular flexibility index (Phi) is 6.82. The number of hydrogen-bond donors (Lipinski definition) is 1. The minimum Gasteiger partial charge on any atom is -0.351 e. The van der Waals surface area contributed by atoms with Crippen molar-refractivity contribution in [2.75, 3.05) is 6.54 Å². The van der Waals surface area contributed by atoms with E-state index in [4.69, 9.17) is 0 Å². The molecule has 0 unspecified atom stereocenters. The Balaban J connectivity index is 1.54. The van der Waals surface area contributed by atoms with E-state index in [1.807, 2.05) is 42.5 Å². The number of sulfonamides is 1. The largest absolute Gasteiger partial charge is 0.351 e. The zero-order valence-electron chi connectivity index (χ0n) is 17.8. The minimum atomic E-state index is -3.94. The van der Waals surface area contributed by atoms with Crippen LogP contribution in [0.3, 0.4) is 0 Å². The lowest BCUT2D eigenvalue weighted by Crippen LogP contribution is -2.40. The summed E-state index contributed by atoms with van der Waals surface area (Å²) in [5.41, 5.74) is 1.52. The summed E-state index contributed by atoms with van der Waals surface area (Å²) < 4.78 is 40.9. The third-order valence-corrected chi connectivity index (χ3v) is 7.13. The van der Waals surface area contributed by atoms with Crippen molar-refractivity contribution >= 4 is 26.7 Å². The molecule has 4 aromatic carbocycles. The van der Waals surface area contributed by atoms with E-state index in [-0.39, 0.29) is 24.5 Å². The lowest BCUT2D eigenvalue weighted by atomic mass is 10.0. The van der Waals surface area contributed by atoms with Gasteiger partial charge in [0.25, 0.3) is 0 Å². The molecule has 1 amide bonds. The third kappa shape index (κ3) is 5.45. The average molecular weight is 463 g/mol. The molecule has 0 fully saturated rings. The van der Waals surface area contributed by atoms with Gasteiger partial charge in [-0.2, -0.15) is 4.31 Å². The van der Waals surface area contributed by atoms with Crippen LogP contribution in [0.4, 0.5) is 4.39 Å². The van der Waals surface area contributed by atoms with Crippen LogP contribution < -0.4 is 5.32 Å². The summed E-state index contributed by atoms with van der Waals surface area (Å²) in [7, 11) is -3.94. The van der Waals surface area contributed by atoms with Gasteiger partial charge in [-0.1, -0.05) is 72.8 Å². The van der Waals surface area contributed by atoms with E-state index in [1.54, 1.807) is 18.2 Å².